The lowest BCUT2D eigenvalue weighted by Crippen LogP contribution is -2.39. The van der Waals surface area contributed by atoms with Gasteiger partial charge in [-0.2, -0.15) is 5.10 Å². The number of rotatable bonds is 8. The number of nitrogens with one attached hydrogen (secondary N) is 3. The molecular formula is C22H32N6O. The first-order chi connectivity index (χ1) is 13.9. The van der Waals surface area contributed by atoms with Crippen LogP contribution in [0.15, 0.2) is 41.8 Å². The summed E-state index contributed by atoms with van der Waals surface area (Å²) in [6.45, 7) is 7.73. The van der Waals surface area contributed by atoms with Crippen molar-refractivity contribution in [3.05, 3.63) is 53.5 Å². The van der Waals surface area contributed by atoms with Crippen LogP contribution in [0.2, 0.25) is 0 Å². The van der Waals surface area contributed by atoms with Gasteiger partial charge in [-0.25, -0.2) is 4.99 Å². The second-order valence-corrected chi connectivity index (χ2v) is 7.56. The Morgan fingerprint density at radius 1 is 1.28 bits per heavy atom. The van der Waals surface area contributed by atoms with Gasteiger partial charge in [-0.3, -0.25) is 4.68 Å². The molecule has 3 aromatic rings. The number of para-hydroxylation sites is 1. The van der Waals surface area contributed by atoms with Crippen molar-refractivity contribution in [1.82, 2.24) is 25.4 Å². The molecule has 0 saturated carbocycles. The van der Waals surface area contributed by atoms with Gasteiger partial charge in [0, 0.05) is 49.0 Å². The smallest absolute Gasteiger partial charge is 0.191 e. The lowest BCUT2D eigenvalue weighted by atomic mass is 10.0. The summed E-state index contributed by atoms with van der Waals surface area (Å²) in [5.74, 6) is 0.700. The fourth-order valence-electron chi connectivity index (χ4n) is 3.46. The van der Waals surface area contributed by atoms with Crippen molar-refractivity contribution in [2.75, 3.05) is 19.6 Å². The fourth-order valence-corrected chi connectivity index (χ4v) is 3.46. The average molecular weight is 397 g/mol. The zero-order valence-corrected chi connectivity index (χ0v) is 17.8. The highest BCUT2D eigenvalue weighted by molar-refractivity contribution is 5.86. The number of fused-ring (bicyclic) bond motifs is 1. The van der Waals surface area contributed by atoms with Crippen LogP contribution in [0.3, 0.4) is 0 Å². The third-order valence-electron chi connectivity index (χ3n) is 5.17. The molecule has 7 nitrogen and oxygen atoms in total. The molecule has 0 bridgehead atoms. The van der Waals surface area contributed by atoms with Crippen LogP contribution in [0.4, 0.5) is 0 Å². The normalized spacial score (nSPS) is 14.2. The Balaban J connectivity index is 1.63. The molecule has 4 N–H and O–H groups in total. The molecule has 7 heteroatoms. The number of hydrogen-bond acceptors (Lipinski definition) is 3. The highest BCUT2D eigenvalue weighted by atomic mass is 16.3. The van der Waals surface area contributed by atoms with Crippen molar-refractivity contribution in [3.63, 3.8) is 0 Å². The number of aromatic amines is 1. The topological polar surface area (TPSA) is 90.3 Å². The number of H-pyrrole nitrogens is 1. The summed E-state index contributed by atoms with van der Waals surface area (Å²) >= 11 is 0. The molecule has 1 unspecified atom stereocenters. The van der Waals surface area contributed by atoms with Gasteiger partial charge in [0.05, 0.1) is 12.7 Å². The third kappa shape index (κ3) is 4.98. The largest absolute Gasteiger partial charge is 0.383 e. The third-order valence-corrected chi connectivity index (χ3v) is 5.17. The molecule has 1 aromatic carbocycles. The summed E-state index contributed by atoms with van der Waals surface area (Å²) < 4.78 is 1.68. The van der Waals surface area contributed by atoms with Gasteiger partial charge in [-0.1, -0.05) is 25.1 Å². The van der Waals surface area contributed by atoms with E-state index in [4.69, 9.17) is 0 Å². The molecule has 156 valence electrons. The Hall–Kier alpha value is -2.80. The van der Waals surface area contributed by atoms with Crippen LogP contribution in [0.5, 0.6) is 0 Å². The predicted molar refractivity (Wildman–Crippen MR) is 118 cm³/mol. The van der Waals surface area contributed by atoms with Crippen LogP contribution in [-0.4, -0.2) is 45.5 Å². The Morgan fingerprint density at radius 2 is 2.10 bits per heavy atom. The Bertz CT molecular complexity index is 969. The second kappa shape index (κ2) is 9.13. The van der Waals surface area contributed by atoms with Gasteiger partial charge in [-0.15, -0.1) is 0 Å². The van der Waals surface area contributed by atoms with Crippen molar-refractivity contribution in [2.45, 2.75) is 39.2 Å². The van der Waals surface area contributed by atoms with E-state index in [1.54, 1.807) is 17.8 Å². The molecule has 0 fully saturated rings. The number of aromatic nitrogens is 3. The van der Waals surface area contributed by atoms with Crippen molar-refractivity contribution >= 4 is 16.9 Å². The second-order valence-electron chi connectivity index (χ2n) is 7.56. The maximum Gasteiger partial charge on any atom is 0.191 e. The number of nitrogens with zero attached hydrogens (tertiary/aromatic N) is 3. The standard InChI is InChI=1S/C22H32N6O/c1-5-16-8-7-9-19-17(12-25-20(16)19)10-11-24-21(23-6-2)26-15-22(3,29)18-13-27-28(4)14-18/h7-9,12-14,25,29H,5-6,10-11,15H2,1-4H3,(H2,23,24,26). The van der Waals surface area contributed by atoms with E-state index in [9.17, 15) is 5.11 Å². The lowest BCUT2D eigenvalue weighted by Gasteiger charge is -2.20. The number of aliphatic hydroxyl groups is 1. The van der Waals surface area contributed by atoms with Crippen molar-refractivity contribution in [3.8, 4) is 0 Å². The highest BCUT2D eigenvalue weighted by Gasteiger charge is 2.24. The molecule has 0 aliphatic heterocycles. The van der Waals surface area contributed by atoms with E-state index in [2.05, 4.69) is 57.0 Å². The maximum absolute atomic E-state index is 10.7. The quantitative estimate of drug-likeness (QED) is 0.348. The molecule has 1 atom stereocenters. The summed E-state index contributed by atoms with van der Waals surface area (Å²) in [6, 6.07) is 6.47. The Kier molecular flexibility index (Phi) is 6.59. The Morgan fingerprint density at radius 3 is 2.79 bits per heavy atom. The molecule has 3 rings (SSSR count). The van der Waals surface area contributed by atoms with Gasteiger partial charge in [-0.05, 0) is 37.8 Å². The maximum atomic E-state index is 10.7. The van der Waals surface area contributed by atoms with Gasteiger partial charge in [0.2, 0.25) is 0 Å². The van der Waals surface area contributed by atoms with Crippen LogP contribution in [-0.2, 0) is 25.5 Å². The minimum Gasteiger partial charge on any atom is -0.383 e. The monoisotopic (exact) mass is 396 g/mol. The molecule has 2 aromatic heterocycles. The van der Waals surface area contributed by atoms with Crippen LogP contribution < -0.4 is 10.6 Å². The zero-order chi connectivity index (χ0) is 20.9. The molecule has 29 heavy (non-hydrogen) atoms. The lowest BCUT2D eigenvalue weighted by molar-refractivity contribution is 0.0672. The van der Waals surface area contributed by atoms with Crippen LogP contribution >= 0.6 is 0 Å². The van der Waals surface area contributed by atoms with Gasteiger partial charge in [0.25, 0.3) is 0 Å². The number of aliphatic imine (C=N–C) groups is 1. The molecule has 0 radical (unpaired) electrons. The number of benzene rings is 1. The zero-order valence-electron chi connectivity index (χ0n) is 17.8. The van der Waals surface area contributed by atoms with Crippen molar-refractivity contribution in [1.29, 1.82) is 0 Å². The van der Waals surface area contributed by atoms with Gasteiger partial charge >= 0.3 is 0 Å². The van der Waals surface area contributed by atoms with Gasteiger partial charge in [0.1, 0.15) is 5.60 Å². The predicted octanol–water partition coefficient (Wildman–Crippen LogP) is 2.47. The van der Waals surface area contributed by atoms with Crippen molar-refractivity contribution in [2.24, 2.45) is 12.0 Å². The summed E-state index contributed by atoms with van der Waals surface area (Å²) in [5.41, 5.74) is 3.56. The van der Waals surface area contributed by atoms with Crippen molar-refractivity contribution < 1.29 is 5.11 Å². The minimum atomic E-state index is -1.07. The van der Waals surface area contributed by atoms with E-state index in [1.165, 1.54) is 22.0 Å². The summed E-state index contributed by atoms with van der Waals surface area (Å²) in [6.07, 6.45) is 7.50. The molecule has 0 amide bonds. The van der Waals surface area contributed by atoms with E-state index in [0.29, 0.717) is 5.96 Å². The highest BCUT2D eigenvalue weighted by Crippen LogP contribution is 2.22. The average Bonchev–Trinajstić information content (AvgIpc) is 3.33. The van der Waals surface area contributed by atoms with Gasteiger partial charge in [0.15, 0.2) is 5.96 Å². The number of hydrogen-bond donors (Lipinski definition) is 4. The van der Waals surface area contributed by atoms with E-state index in [-0.39, 0.29) is 6.54 Å². The number of guanidine groups is 1. The van der Waals surface area contributed by atoms with Gasteiger partial charge < -0.3 is 20.7 Å². The first-order valence-corrected chi connectivity index (χ1v) is 10.3. The summed E-state index contributed by atoms with van der Waals surface area (Å²) in [7, 11) is 1.84. The SMILES string of the molecule is CCNC(=NCC(C)(O)c1cnn(C)c1)NCCc1c[nH]c2c(CC)cccc12. The summed E-state index contributed by atoms with van der Waals surface area (Å²) in [5, 5.41) is 22.8. The minimum absolute atomic E-state index is 0.251. The van der Waals surface area contributed by atoms with E-state index in [1.807, 2.05) is 20.2 Å². The van der Waals surface area contributed by atoms with E-state index < -0.39 is 5.60 Å². The molecule has 2 heterocycles. The van der Waals surface area contributed by atoms with E-state index in [0.717, 1.165) is 31.5 Å². The molecule has 0 spiro atoms. The first-order valence-electron chi connectivity index (χ1n) is 10.3. The molecular weight excluding hydrogens is 364 g/mol. The van der Waals surface area contributed by atoms with Crippen LogP contribution in [0.25, 0.3) is 10.9 Å². The van der Waals surface area contributed by atoms with E-state index >= 15 is 0 Å². The molecule has 0 aliphatic rings. The van der Waals surface area contributed by atoms with Crippen LogP contribution in [0.1, 0.15) is 37.5 Å². The number of aryl methyl sites for hydroxylation is 2. The molecule has 0 saturated heterocycles. The van der Waals surface area contributed by atoms with Crippen LogP contribution in [0, 0.1) is 0 Å². The molecule has 0 aliphatic carbocycles. The summed E-state index contributed by atoms with van der Waals surface area (Å²) in [4.78, 5) is 8.00. The first kappa shape index (κ1) is 20.9. The Labute approximate surface area is 172 Å². The fraction of sp³-hybridized carbons (Fsp3) is 0.455.